The molecule has 2 heteroatoms. The van der Waals surface area contributed by atoms with Gasteiger partial charge in [0.1, 0.15) is 0 Å². The number of alkyl halides is 1. The first-order valence-electron chi connectivity index (χ1n) is 5.99. The van der Waals surface area contributed by atoms with Crippen LogP contribution in [0.15, 0.2) is 0 Å². The molecule has 0 bridgehead atoms. The van der Waals surface area contributed by atoms with Crippen molar-refractivity contribution in [3.8, 4) is 0 Å². The van der Waals surface area contributed by atoms with Crippen LogP contribution in [0.1, 0.15) is 40.0 Å². The van der Waals surface area contributed by atoms with Gasteiger partial charge >= 0.3 is 0 Å². The third-order valence-electron chi connectivity index (χ3n) is 3.48. The number of nitrogens with zero attached hydrogens (tertiary/aromatic N) is 1. The Balaban J connectivity index is 2.36. The van der Waals surface area contributed by atoms with Crippen LogP contribution in [0.5, 0.6) is 0 Å². The maximum atomic E-state index is 6.02. The maximum absolute atomic E-state index is 6.02. The Labute approximate surface area is 93.8 Å². The van der Waals surface area contributed by atoms with Crippen molar-refractivity contribution in [2.75, 3.05) is 19.0 Å². The highest BCUT2D eigenvalue weighted by molar-refractivity contribution is 6.18. The van der Waals surface area contributed by atoms with Crippen molar-refractivity contribution >= 4 is 11.6 Å². The molecule has 0 radical (unpaired) electrons. The molecule has 1 aliphatic heterocycles. The summed E-state index contributed by atoms with van der Waals surface area (Å²) >= 11 is 6.02. The van der Waals surface area contributed by atoms with Crippen molar-refractivity contribution in [3.63, 3.8) is 0 Å². The zero-order valence-electron chi connectivity index (χ0n) is 9.80. The van der Waals surface area contributed by atoms with Crippen molar-refractivity contribution in [1.82, 2.24) is 4.90 Å². The van der Waals surface area contributed by atoms with Crippen molar-refractivity contribution in [3.05, 3.63) is 0 Å². The average Bonchev–Trinajstić information content (AvgIpc) is 2.47. The van der Waals surface area contributed by atoms with E-state index in [1.54, 1.807) is 0 Å². The minimum Gasteiger partial charge on any atom is -0.299 e. The third kappa shape index (κ3) is 3.13. The number of rotatable bonds is 5. The second-order valence-electron chi connectivity index (χ2n) is 4.88. The van der Waals surface area contributed by atoms with Crippen LogP contribution in [0.25, 0.3) is 0 Å². The fraction of sp³-hybridized carbons (Fsp3) is 1.00. The Hall–Kier alpha value is 0.250. The van der Waals surface area contributed by atoms with Gasteiger partial charge in [0, 0.05) is 18.5 Å². The minimum absolute atomic E-state index is 0.635. The third-order valence-corrected chi connectivity index (χ3v) is 3.80. The Morgan fingerprint density at radius 3 is 2.79 bits per heavy atom. The van der Waals surface area contributed by atoms with Crippen LogP contribution < -0.4 is 0 Å². The molecule has 1 heterocycles. The van der Waals surface area contributed by atoms with E-state index < -0.39 is 0 Å². The summed E-state index contributed by atoms with van der Waals surface area (Å²) in [6, 6.07) is 0.635. The van der Waals surface area contributed by atoms with E-state index >= 15 is 0 Å². The summed E-state index contributed by atoms with van der Waals surface area (Å²) in [7, 11) is 0. The SMILES string of the molecule is CCCC(C)CN1CCC(C)C1CCl. The van der Waals surface area contributed by atoms with Gasteiger partial charge in [-0.1, -0.05) is 27.2 Å². The second kappa shape index (κ2) is 5.97. The van der Waals surface area contributed by atoms with Crippen LogP contribution in [0.4, 0.5) is 0 Å². The molecule has 0 amide bonds. The largest absolute Gasteiger partial charge is 0.299 e. The monoisotopic (exact) mass is 217 g/mol. The zero-order valence-corrected chi connectivity index (χ0v) is 10.6. The molecule has 1 rings (SSSR count). The Morgan fingerprint density at radius 1 is 1.50 bits per heavy atom. The quantitative estimate of drug-likeness (QED) is 0.639. The number of hydrogen-bond donors (Lipinski definition) is 0. The predicted molar refractivity (Wildman–Crippen MR) is 63.9 cm³/mol. The smallest absolute Gasteiger partial charge is 0.0382 e. The van der Waals surface area contributed by atoms with E-state index in [9.17, 15) is 0 Å². The standard InChI is InChI=1S/C12H24ClN/c1-4-5-10(2)9-14-7-6-11(3)12(14)8-13/h10-12H,4-9H2,1-3H3. The summed E-state index contributed by atoms with van der Waals surface area (Å²) in [5.74, 6) is 2.43. The van der Waals surface area contributed by atoms with Crippen LogP contribution in [0.3, 0.4) is 0 Å². The van der Waals surface area contributed by atoms with Crippen LogP contribution >= 0.6 is 11.6 Å². The summed E-state index contributed by atoms with van der Waals surface area (Å²) in [6.07, 6.45) is 3.98. The topological polar surface area (TPSA) is 3.24 Å². The molecular weight excluding hydrogens is 194 g/mol. The molecule has 0 aromatic carbocycles. The van der Waals surface area contributed by atoms with E-state index in [-0.39, 0.29) is 0 Å². The summed E-state index contributed by atoms with van der Waals surface area (Å²) in [4.78, 5) is 2.60. The van der Waals surface area contributed by atoms with Crippen LogP contribution in [-0.2, 0) is 0 Å². The van der Waals surface area contributed by atoms with Crippen molar-refractivity contribution in [1.29, 1.82) is 0 Å². The molecule has 1 aliphatic rings. The molecular formula is C12H24ClN. The molecule has 3 unspecified atom stereocenters. The fourth-order valence-corrected chi connectivity index (χ4v) is 3.05. The summed E-state index contributed by atoms with van der Waals surface area (Å²) in [6.45, 7) is 9.46. The maximum Gasteiger partial charge on any atom is 0.0382 e. The van der Waals surface area contributed by atoms with Gasteiger partial charge in [0.15, 0.2) is 0 Å². The van der Waals surface area contributed by atoms with Crippen LogP contribution in [-0.4, -0.2) is 29.9 Å². The molecule has 84 valence electrons. The van der Waals surface area contributed by atoms with Gasteiger partial charge in [-0.2, -0.15) is 0 Å². The molecule has 1 nitrogen and oxygen atoms in total. The number of likely N-dealkylation sites (tertiary alicyclic amines) is 1. The van der Waals surface area contributed by atoms with E-state index in [1.165, 1.54) is 32.4 Å². The van der Waals surface area contributed by atoms with Crippen LogP contribution in [0, 0.1) is 11.8 Å². The lowest BCUT2D eigenvalue weighted by atomic mass is 10.0. The Morgan fingerprint density at radius 2 is 2.21 bits per heavy atom. The zero-order chi connectivity index (χ0) is 10.6. The first-order valence-corrected chi connectivity index (χ1v) is 6.52. The summed E-state index contributed by atoms with van der Waals surface area (Å²) in [5.41, 5.74) is 0. The molecule has 0 aromatic rings. The molecule has 0 spiro atoms. The first-order chi connectivity index (χ1) is 6.69. The first kappa shape index (κ1) is 12.3. The van der Waals surface area contributed by atoms with E-state index in [2.05, 4.69) is 25.7 Å². The van der Waals surface area contributed by atoms with Gasteiger partial charge in [0.2, 0.25) is 0 Å². The van der Waals surface area contributed by atoms with E-state index in [1.807, 2.05) is 0 Å². The predicted octanol–water partition coefficient (Wildman–Crippen LogP) is 3.37. The Kier molecular flexibility index (Phi) is 5.25. The minimum atomic E-state index is 0.635. The second-order valence-corrected chi connectivity index (χ2v) is 5.18. The lowest BCUT2D eigenvalue weighted by Crippen LogP contribution is -2.36. The molecule has 0 aromatic heterocycles. The summed E-state index contributed by atoms with van der Waals surface area (Å²) in [5, 5.41) is 0. The van der Waals surface area contributed by atoms with Gasteiger partial charge in [-0.15, -0.1) is 11.6 Å². The Bertz CT molecular complexity index is 160. The van der Waals surface area contributed by atoms with Gasteiger partial charge in [0.05, 0.1) is 0 Å². The van der Waals surface area contributed by atoms with Crippen molar-refractivity contribution in [2.45, 2.75) is 46.1 Å². The number of halogens is 1. The highest BCUT2D eigenvalue weighted by atomic mass is 35.5. The number of hydrogen-bond acceptors (Lipinski definition) is 1. The average molecular weight is 218 g/mol. The lowest BCUT2D eigenvalue weighted by Gasteiger charge is -2.27. The molecule has 0 aliphatic carbocycles. The molecule has 1 saturated heterocycles. The molecule has 1 fully saturated rings. The fourth-order valence-electron chi connectivity index (χ4n) is 2.55. The molecule has 0 N–H and O–H groups in total. The highest BCUT2D eigenvalue weighted by Crippen LogP contribution is 2.26. The normalized spacial score (nSPS) is 30.9. The molecule has 0 saturated carbocycles. The van der Waals surface area contributed by atoms with Gasteiger partial charge in [-0.25, -0.2) is 0 Å². The molecule has 14 heavy (non-hydrogen) atoms. The van der Waals surface area contributed by atoms with Crippen molar-refractivity contribution < 1.29 is 0 Å². The van der Waals surface area contributed by atoms with E-state index in [0.29, 0.717) is 6.04 Å². The van der Waals surface area contributed by atoms with Gasteiger partial charge in [0.25, 0.3) is 0 Å². The van der Waals surface area contributed by atoms with Gasteiger partial charge in [-0.05, 0) is 31.2 Å². The highest BCUT2D eigenvalue weighted by Gasteiger charge is 2.30. The van der Waals surface area contributed by atoms with Crippen LogP contribution in [0.2, 0.25) is 0 Å². The van der Waals surface area contributed by atoms with Crippen molar-refractivity contribution in [2.24, 2.45) is 11.8 Å². The van der Waals surface area contributed by atoms with E-state index in [0.717, 1.165) is 17.7 Å². The van der Waals surface area contributed by atoms with Gasteiger partial charge < -0.3 is 0 Å². The molecule has 3 atom stereocenters. The van der Waals surface area contributed by atoms with E-state index in [4.69, 9.17) is 11.6 Å². The lowest BCUT2D eigenvalue weighted by molar-refractivity contribution is 0.213. The summed E-state index contributed by atoms with van der Waals surface area (Å²) < 4.78 is 0. The van der Waals surface area contributed by atoms with Gasteiger partial charge in [-0.3, -0.25) is 4.90 Å².